The fourth-order valence-corrected chi connectivity index (χ4v) is 1.71. The molecule has 0 aliphatic rings. The maximum Gasteiger partial charge on any atom is 0.516 e. The number of hydrogen-bond acceptors (Lipinski definition) is 8. The average Bonchev–Trinajstić information content (AvgIpc) is 2.51. The number of rotatable bonds is 4. The molecule has 0 amide bonds. The molecular weight excluding hydrogens is 308 g/mol. The zero-order chi connectivity index (χ0) is 16.8. The smallest absolute Gasteiger partial charge is 0.434 e. The summed E-state index contributed by atoms with van der Waals surface area (Å²) in [6, 6.07) is 6.22. The molecule has 2 aromatic rings. The summed E-state index contributed by atoms with van der Waals surface area (Å²) in [6.07, 6.45) is -2.22. The minimum atomic E-state index is -1.12. The zero-order valence-electron chi connectivity index (χ0n) is 12.5. The van der Waals surface area contributed by atoms with Crippen LogP contribution in [-0.4, -0.2) is 25.5 Å². The highest BCUT2D eigenvalue weighted by molar-refractivity contribution is 5.80. The van der Waals surface area contributed by atoms with Crippen molar-refractivity contribution in [2.45, 2.75) is 13.8 Å². The lowest BCUT2D eigenvalue weighted by atomic mass is 10.2. The Balaban J connectivity index is 2.50. The molecule has 23 heavy (non-hydrogen) atoms. The van der Waals surface area contributed by atoms with E-state index in [1.165, 1.54) is 12.1 Å². The van der Waals surface area contributed by atoms with Crippen LogP contribution in [0, 0.1) is 0 Å². The molecular formula is C15H14O8. The lowest BCUT2D eigenvalue weighted by Gasteiger charge is -2.09. The molecule has 8 heteroatoms. The van der Waals surface area contributed by atoms with Crippen LogP contribution >= 0.6 is 0 Å². The van der Waals surface area contributed by atoms with Gasteiger partial charge in [-0.15, -0.1) is 0 Å². The lowest BCUT2D eigenvalue weighted by Crippen LogP contribution is -2.19. The first-order valence-electron chi connectivity index (χ1n) is 6.81. The van der Waals surface area contributed by atoms with Gasteiger partial charge in [0.2, 0.25) is 5.43 Å². The lowest BCUT2D eigenvalue weighted by molar-refractivity contribution is 0.0852. The van der Waals surface area contributed by atoms with Crippen LogP contribution in [0.15, 0.2) is 33.5 Å². The summed E-state index contributed by atoms with van der Waals surface area (Å²) >= 11 is 0. The molecule has 8 nitrogen and oxygen atoms in total. The van der Waals surface area contributed by atoms with Gasteiger partial charge in [0.25, 0.3) is 5.75 Å². The van der Waals surface area contributed by atoms with Crippen molar-refractivity contribution in [1.29, 1.82) is 0 Å². The number of carbonyl (C=O) groups is 2. The second-order valence-corrected chi connectivity index (χ2v) is 4.11. The van der Waals surface area contributed by atoms with E-state index in [1.54, 1.807) is 26.0 Å². The van der Waals surface area contributed by atoms with E-state index in [0.29, 0.717) is 0 Å². The fourth-order valence-electron chi connectivity index (χ4n) is 1.71. The van der Waals surface area contributed by atoms with E-state index < -0.39 is 29.4 Å². The molecule has 122 valence electrons. The molecule has 0 aliphatic carbocycles. The van der Waals surface area contributed by atoms with Gasteiger partial charge < -0.3 is 23.4 Å². The van der Waals surface area contributed by atoms with Crippen LogP contribution in [-0.2, 0) is 9.47 Å². The number of ether oxygens (including phenoxy) is 4. The highest BCUT2D eigenvalue weighted by Crippen LogP contribution is 2.28. The van der Waals surface area contributed by atoms with Crippen molar-refractivity contribution in [3.63, 3.8) is 0 Å². The summed E-state index contributed by atoms with van der Waals surface area (Å²) in [5.74, 6) is -1.17. The van der Waals surface area contributed by atoms with Crippen molar-refractivity contribution in [2.75, 3.05) is 13.2 Å². The topological polar surface area (TPSA) is 101 Å². The van der Waals surface area contributed by atoms with Gasteiger partial charge in [0.1, 0.15) is 5.58 Å². The average molecular weight is 322 g/mol. The number of carbonyl (C=O) groups excluding carboxylic acids is 2. The Labute approximate surface area is 130 Å². The minimum absolute atomic E-state index is 0.0474. The Morgan fingerprint density at radius 3 is 2.26 bits per heavy atom. The summed E-state index contributed by atoms with van der Waals surface area (Å²) < 4.78 is 24.1. The first kappa shape index (κ1) is 16.3. The third kappa shape index (κ3) is 3.79. The van der Waals surface area contributed by atoms with E-state index in [0.717, 1.165) is 0 Å². The van der Waals surface area contributed by atoms with Crippen LogP contribution in [0.5, 0.6) is 11.7 Å². The summed E-state index contributed by atoms with van der Waals surface area (Å²) in [5, 5.41) is 0.156. The molecule has 0 saturated heterocycles. The highest BCUT2D eigenvalue weighted by atomic mass is 16.8. The molecule has 2 rings (SSSR count). The van der Waals surface area contributed by atoms with E-state index in [4.69, 9.17) is 13.9 Å². The van der Waals surface area contributed by atoms with Crippen LogP contribution in [0.4, 0.5) is 9.59 Å². The van der Waals surface area contributed by atoms with Crippen LogP contribution in [0.2, 0.25) is 0 Å². The third-order valence-electron chi connectivity index (χ3n) is 2.61. The predicted octanol–water partition coefficient (Wildman–Crippen LogP) is 2.86. The van der Waals surface area contributed by atoms with E-state index in [9.17, 15) is 14.4 Å². The Kier molecular flexibility index (Phi) is 5.19. The fraction of sp³-hybridized carbons (Fsp3) is 0.267. The Bertz CT molecular complexity index is 777. The van der Waals surface area contributed by atoms with Crippen molar-refractivity contribution in [3.05, 3.63) is 34.5 Å². The Morgan fingerprint density at radius 2 is 1.61 bits per heavy atom. The number of hydrogen-bond donors (Lipinski definition) is 0. The van der Waals surface area contributed by atoms with Gasteiger partial charge in [0.05, 0.1) is 18.6 Å². The predicted molar refractivity (Wildman–Crippen MR) is 77.8 cm³/mol. The number of fused-ring (bicyclic) bond motifs is 1. The maximum atomic E-state index is 12.4. The maximum absolute atomic E-state index is 12.4. The van der Waals surface area contributed by atoms with Gasteiger partial charge in [0.15, 0.2) is 0 Å². The van der Waals surface area contributed by atoms with Crippen LogP contribution < -0.4 is 14.9 Å². The molecule has 1 aromatic heterocycles. The molecule has 0 atom stereocenters. The van der Waals surface area contributed by atoms with Gasteiger partial charge in [-0.2, -0.15) is 0 Å². The van der Waals surface area contributed by atoms with Crippen LogP contribution in [0.3, 0.4) is 0 Å². The van der Waals surface area contributed by atoms with Crippen LogP contribution in [0.25, 0.3) is 11.0 Å². The zero-order valence-corrected chi connectivity index (χ0v) is 12.5. The molecule has 0 saturated carbocycles. The molecule has 0 radical (unpaired) electrons. The van der Waals surface area contributed by atoms with E-state index in [2.05, 4.69) is 9.47 Å². The molecule has 0 spiro atoms. The summed E-state index contributed by atoms with van der Waals surface area (Å²) in [4.78, 5) is 35.3. The highest BCUT2D eigenvalue weighted by Gasteiger charge is 2.23. The van der Waals surface area contributed by atoms with Gasteiger partial charge in [0, 0.05) is 0 Å². The van der Waals surface area contributed by atoms with Crippen LogP contribution in [0.1, 0.15) is 13.8 Å². The van der Waals surface area contributed by atoms with Crippen molar-refractivity contribution >= 4 is 23.3 Å². The quantitative estimate of drug-likeness (QED) is 0.792. The van der Waals surface area contributed by atoms with Crippen molar-refractivity contribution < 1.29 is 33.0 Å². The Hall–Kier alpha value is -3.03. The van der Waals surface area contributed by atoms with Crippen molar-refractivity contribution in [3.8, 4) is 11.7 Å². The minimum Gasteiger partial charge on any atom is -0.434 e. The van der Waals surface area contributed by atoms with Crippen molar-refractivity contribution in [2.24, 2.45) is 0 Å². The number of benzene rings is 1. The van der Waals surface area contributed by atoms with E-state index in [-0.39, 0.29) is 24.2 Å². The molecule has 1 aromatic carbocycles. The normalized spacial score (nSPS) is 10.2. The Morgan fingerprint density at radius 1 is 1.00 bits per heavy atom. The summed E-state index contributed by atoms with van der Waals surface area (Å²) in [5.41, 5.74) is -0.521. The molecule has 1 heterocycles. The molecule has 0 unspecified atom stereocenters. The monoisotopic (exact) mass is 322 g/mol. The summed E-state index contributed by atoms with van der Waals surface area (Å²) in [6.45, 7) is 3.25. The largest absolute Gasteiger partial charge is 0.516 e. The SMILES string of the molecule is CCOC(=O)Oc1oc2ccccc2c(=O)c1OC(=O)OCC. The second kappa shape index (κ2) is 7.30. The van der Waals surface area contributed by atoms with E-state index in [1.807, 2.05) is 0 Å². The number of para-hydroxylation sites is 1. The molecule has 0 aliphatic heterocycles. The second-order valence-electron chi connectivity index (χ2n) is 4.11. The van der Waals surface area contributed by atoms with Gasteiger partial charge in [-0.25, -0.2) is 9.59 Å². The first-order chi connectivity index (χ1) is 11.1. The first-order valence-corrected chi connectivity index (χ1v) is 6.81. The summed E-state index contributed by atoms with van der Waals surface area (Å²) in [7, 11) is 0. The molecule has 0 bridgehead atoms. The standard InChI is InChI=1S/C15H14O8/c1-3-19-14(17)22-12-11(16)9-7-5-6-8-10(9)21-13(12)23-15(18)20-4-2/h5-8H,3-4H2,1-2H3. The third-order valence-corrected chi connectivity index (χ3v) is 2.61. The van der Waals surface area contributed by atoms with Gasteiger partial charge in [-0.1, -0.05) is 12.1 Å². The van der Waals surface area contributed by atoms with Gasteiger partial charge in [-0.3, -0.25) is 4.79 Å². The van der Waals surface area contributed by atoms with Gasteiger partial charge in [-0.05, 0) is 26.0 Å². The van der Waals surface area contributed by atoms with E-state index >= 15 is 0 Å². The van der Waals surface area contributed by atoms with Gasteiger partial charge >= 0.3 is 18.3 Å². The molecule has 0 fully saturated rings. The van der Waals surface area contributed by atoms with Crippen molar-refractivity contribution in [1.82, 2.24) is 0 Å². The molecule has 0 N–H and O–H groups in total.